The zero-order valence-electron chi connectivity index (χ0n) is 2.26. The van der Waals surface area contributed by atoms with E-state index in [4.69, 9.17) is 8.76 Å². The van der Waals surface area contributed by atoms with Crippen LogP contribution in [0.2, 0.25) is 0 Å². The fraction of sp³-hybridized carbons (Fsp3) is 1.00. The summed E-state index contributed by atoms with van der Waals surface area (Å²) in [6.07, 6.45) is 1.19. The Labute approximate surface area is 63.2 Å². The van der Waals surface area contributed by atoms with Gasteiger partial charge in [-0.3, -0.25) is 0 Å². The van der Waals surface area contributed by atoms with Crippen LogP contribution in [0.25, 0.3) is 0 Å². The SMILES string of the molecule is CS(=O)O.[CaH2]. The second-order valence-corrected chi connectivity index (χ2v) is 1.27. The minimum atomic E-state index is -1.61. The molecule has 0 aliphatic rings. The van der Waals surface area contributed by atoms with Crippen LogP contribution in [0.4, 0.5) is 0 Å². The van der Waals surface area contributed by atoms with E-state index in [2.05, 4.69) is 0 Å². The summed E-state index contributed by atoms with van der Waals surface area (Å²) in [5, 5.41) is 0. The van der Waals surface area contributed by atoms with Crippen molar-refractivity contribution in [3.63, 3.8) is 0 Å². The minimum absolute atomic E-state index is 0. The molecule has 1 atom stereocenters. The van der Waals surface area contributed by atoms with Gasteiger partial charge >= 0.3 is 37.7 Å². The fourth-order valence-electron chi connectivity index (χ4n) is 0. The monoisotopic (exact) mass is 122 g/mol. The van der Waals surface area contributed by atoms with Crippen LogP contribution in [0, 0.1) is 0 Å². The molecule has 0 spiro atoms. The van der Waals surface area contributed by atoms with Crippen molar-refractivity contribution in [1.29, 1.82) is 0 Å². The molecule has 0 aliphatic heterocycles. The van der Waals surface area contributed by atoms with Crippen molar-refractivity contribution < 1.29 is 8.76 Å². The Morgan fingerprint density at radius 1 is 1.80 bits per heavy atom. The Hall–Kier alpha value is 1.37. The van der Waals surface area contributed by atoms with Gasteiger partial charge in [0.1, 0.15) is 11.1 Å². The van der Waals surface area contributed by atoms with Crippen molar-refractivity contribution in [2.75, 3.05) is 6.26 Å². The summed E-state index contributed by atoms with van der Waals surface area (Å²) in [5.41, 5.74) is 0. The molecule has 1 unspecified atom stereocenters. The molecule has 1 N–H and O–H groups in total. The summed E-state index contributed by atoms with van der Waals surface area (Å²) in [7, 11) is 0. The van der Waals surface area contributed by atoms with Gasteiger partial charge in [0.25, 0.3) is 0 Å². The first-order valence-electron chi connectivity index (χ1n) is 0.757. The van der Waals surface area contributed by atoms with Gasteiger partial charge in [-0.25, -0.2) is 4.21 Å². The second kappa shape index (κ2) is 5.37. The molecule has 0 aliphatic carbocycles. The Balaban J connectivity index is 0. The quantitative estimate of drug-likeness (QED) is 0.328. The Kier molecular flexibility index (Phi) is 10.3. The van der Waals surface area contributed by atoms with Crippen LogP contribution in [0.1, 0.15) is 0 Å². The van der Waals surface area contributed by atoms with Gasteiger partial charge in [0.15, 0.2) is 0 Å². The maximum absolute atomic E-state index is 9.11. The van der Waals surface area contributed by atoms with Crippen molar-refractivity contribution in [3.8, 4) is 0 Å². The molecular formula is CH6CaO2S. The molecule has 0 saturated carbocycles. The summed E-state index contributed by atoms with van der Waals surface area (Å²) >= 11 is -1.61. The van der Waals surface area contributed by atoms with E-state index in [1.165, 1.54) is 6.26 Å². The van der Waals surface area contributed by atoms with E-state index in [1.807, 2.05) is 0 Å². The van der Waals surface area contributed by atoms with Gasteiger partial charge < -0.3 is 4.55 Å². The molecule has 0 aromatic carbocycles. The van der Waals surface area contributed by atoms with Crippen molar-refractivity contribution >= 4 is 48.8 Å². The molecule has 5 heavy (non-hydrogen) atoms. The molecule has 0 heterocycles. The van der Waals surface area contributed by atoms with Crippen molar-refractivity contribution in [2.24, 2.45) is 0 Å². The first kappa shape index (κ1) is 9.62. The van der Waals surface area contributed by atoms with Crippen LogP contribution in [-0.2, 0) is 11.1 Å². The topological polar surface area (TPSA) is 37.3 Å². The van der Waals surface area contributed by atoms with Crippen molar-refractivity contribution in [2.45, 2.75) is 0 Å². The zero-order valence-corrected chi connectivity index (χ0v) is 3.08. The Morgan fingerprint density at radius 2 is 1.80 bits per heavy atom. The van der Waals surface area contributed by atoms with Crippen LogP contribution in [-0.4, -0.2) is 52.8 Å². The third-order valence-electron chi connectivity index (χ3n) is 0. The van der Waals surface area contributed by atoms with Crippen LogP contribution in [0.15, 0.2) is 0 Å². The predicted octanol–water partition coefficient (Wildman–Crippen LogP) is -1.08. The van der Waals surface area contributed by atoms with Crippen LogP contribution in [0.3, 0.4) is 0 Å². The molecular weight excluding hydrogens is 116 g/mol. The molecule has 4 heteroatoms. The molecule has 0 rings (SSSR count). The third kappa shape index (κ3) is 32.5. The molecule has 0 radical (unpaired) electrons. The van der Waals surface area contributed by atoms with Crippen LogP contribution >= 0.6 is 0 Å². The molecule has 0 saturated heterocycles. The molecule has 2 nitrogen and oxygen atoms in total. The summed E-state index contributed by atoms with van der Waals surface area (Å²) in [4.78, 5) is 0. The van der Waals surface area contributed by atoms with E-state index in [0.717, 1.165) is 0 Å². The standard InChI is InChI=1S/CH4O2S.Ca.2H/c1-4(2)3;;;/h1H3,(H,2,3);;;. The van der Waals surface area contributed by atoms with Gasteiger partial charge in [-0.15, -0.1) is 0 Å². The molecule has 0 bridgehead atoms. The van der Waals surface area contributed by atoms with Gasteiger partial charge in [-0.05, 0) is 0 Å². The summed E-state index contributed by atoms with van der Waals surface area (Å²) in [5.74, 6) is 0. The van der Waals surface area contributed by atoms with Gasteiger partial charge in [-0.2, -0.15) is 0 Å². The van der Waals surface area contributed by atoms with E-state index >= 15 is 0 Å². The predicted molar refractivity (Wildman–Crippen MR) is 25.2 cm³/mol. The molecule has 0 fully saturated rings. The summed E-state index contributed by atoms with van der Waals surface area (Å²) in [6.45, 7) is 0. The van der Waals surface area contributed by atoms with Gasteiger partial charge in [0.05, 0.1) is 0 Å². The van der Waals surface area contributed by atoms with E-state index in [9.17, 15) is 0 Å². The molecule has 0 amide bonds. The average Bonchev–Trinajstić information content (AvgIpc) is 0.811. The number of hydrogen-bond acceptors (Lipinski definition) is 1. The molecule has 0 aromatic heterocycles. The van der Waals surface area contributed by atoms with E-state index in [1.54, 1.807) is 0 Å². The number of hydrogen-bond donors (Lipinski definition) is 1. The Morgan fingerprint density at radius 3 is 1.80 bits per heavy atom. The van der Waals surface area contributed by atoms with Crippen LogP contribution in [0.5, 0.6) is 0 Å². The van der Waals surface area contributed by atoms with E-state index in [-0.39, 0.29) is 37.7 Å². The average molecular weight is 122 g/mol. The molecule has 30 valence electrons. The van der Waals surface area contributed by atoms with Gasteiger partial charge in [0.2, 0.25) is 0 Å². The first-order chi connectivity index (χ1) is 1.73. The first-order valence-corrected chi connectivity index (χ1v) is 2.27. The van der Waals surface area contributed by atoms with E-state index in [0.29, 0.717) is 0 Å². The van der Waals surface area contributed by atoms with E-state index < -0.39 is 11.1 Å². The Bertz CT molecular complexity index is 32.6. The summed E-state index contributed by atoms with van der Waals surface area (Å²) < 4.78 is 16.6. The van der Waals surface area contributed by atoms with Crippen molar-refractivity contribution in [3.05, 3.63) is 0 Å². The van der Waals surface area contributed by atoms with Crippen molar-refractivity contribution in [1.82, 2.24) is 0 Å². The zero-order chi connectivity index (χ0) is 3.58. The fourth-order valence-corrected chi connectivity index (χ4v) is 0. The maximum atomic E-state index is 9.11. The molecule has 0 aromatic rings. The van der Waals surface area contributed by atoms with Gasteiger partial charge in [-0.1, -0.05) is 0 Å². The third-order valence-corrected chi connectivity index (χ3v) is 0. The number of rotatable bonds is 0. The normalized spacial score (nSPS) is 12.4. The van der Waals surface area contributed by atoms with Crippen LogP contribution < -0.4 is 0 Å². The van der Waals surface area contributed by atoms with Gasteiger partial charge in [0, 0.05) is 6.26 Å². The summed E-state index contributed by atoms with van der Waals surface area (Å²) in [6, 6.07) is 0. The second-order valence-electron chi connectivity index (χ2n) is 0.424.